The molecule has 2 aromatic rings. The van der Waals surface area contributed by atoms with E-state index in [9.17, 15) is 4.79 Å². The Morgan fingerprint density at radius 3 is 2.38 bits per heavy atom. The van der Waals surface area contributed by atoms with E-state index >= 15 is 0 Å². The van der Waals surface area contributed by atoms with E-state index in [-0.39, 0.29) is 5.91 Å². The molecule has 26 heavy (non-hydrogen) atoms. The minimum atomic E-state index is -0.187. The Morgan fingerprint density at radius 1 is 0.962 bits per heavy atom. The second-order valence-electron chi connectivity index (χ2n) is 6.38. The smallest absolute Gasteiger partial charge is 0.255 e. The molecule has 0 heterocycles. The van der Waals surface area contributed by atoms with Gasteiger partial charge >= 0.3 is 0 Å². The summed E-state index contributed by atoms with van der Waals surface area (Å²) in [6.45, 7) is 5.92. The molecular formula is C21H27NO4. The zero-order valence-corrected chi connectivity index (χ0v) is 15.7. The molecule has 0 saturated carbocycles. The van der Waals surface area contributed by atoms with Crippen molar-refractivity contribution >= 4 is 11.6 Å². The van der Waals surface area contributed by atoms with Gasteiger partial charge in [-0.1, -0.05) is 26.0 Å². The topological polar surface area (TPSA) is 56.8 Å². The third-order valence-corrected chi connectivity index (χ3v) is 3.71. The first-order chi connectivity index (χ1) is 12.6. The third-order valence-electron chi connectivity index (χ3n) is 3.71. The van der Waals surface area contributed by atoms with Gasteiger partial charge in [0.25, 0.3) is 5.91 Å². The molecular weight excluding hydrogens is 330 g/mol. The van der Waals surface area contributed by atoms with Crippen molar-refractivity contribution in [3.63, 3.8) is 0 Å². The van der Waals surface area contributed by atoms with Gasteiger partial charge < -0.3 is 19.5 Å². The highest BCUT2D eigenvalue weighted by atomic mass is 16.5. The highest BCUT2D eigenvalue weighted by Gasteiger charge is 2.08. The number of nitrogens with one attached hydrogen (secondary N) is 1. The molecule has 0 aliphatic rings. The van der Waals surface area contributed by atoms with Gasteiger partial charge in [0.2, 0.25) is 0 Å². The summed E-state index contributed by atoms with van der Waals surface area (Å²) in [7, 11) is 1.63. The summed E-state index contributed by atoms with van der Waals surface area (Å²) in [4.78, 5) is 12.5. The van der Waals surface area contributed by atoms with Crippen molar-refractivity contribution in [3.05, 3.63) is 54.1 Å². The zero-order chi connectivity index (χ0) is 18.8. The van der Waals surface area contributed by atoms with E-state index in [1.165, 1.54) is 0 Å². The van der Waals surface area contributed by atoms with Crippen LogP contribution in [0.1, 0.15) is 30.6 Å². The minimum Gasteiger partial charge on any atom is -0.494 e. The lowest BCUT2D eigenvalue weighted by molar-refractivity contribution is 0.102. The van der Waals surface area contributed by atoms with Crippen molar-refractivity contribution in [1.82, 2.24) is 0 Å². The number of hydrogen-bond acceptors (Lipinski definition) is 4. The SMILES string of the molecule is COCCOc1cccc(NC(=O)c2cccc(OCCC(C)C)c2)c1. The lowest BCUT2D eigenvalue weighted by Gasteiger charge is -2.11. The third kappa shape index (κ3) is 6.76. The summed E-state index contributed by atoms with van der Waals surface area (Å²) >= 11 is 0. The van der Waals surface area contributed by atoms with Crippen molar-refractivity contribution in [2.75, 3.05) is 32.2 Å². The quantitative estimate of drug-likeness (QED) is 0.641. The van der Waals surface area contributed by atoms with E-state index in [4.69, 9.17) is 14.2 Å². The fourth-order valence-corrected chi connectivity index (χ4v) is 2.25. The highest BCUT2D eigenvalue weighted by Crippen LogP contribution is 2.19. The molecule has 1 N–H and O–H groups in total. The molecule has 1 amide bonds. The molecule has 0 aromatic heterocycles. The van der Waals surface area contributed by atoms with Crippen LogP contribution < -0.4 is 14.8 Å². The average Bonchev–Trinajstić information content (AvgIpc) is 2.62. The molecule has 0 fully saturated rings. The number of hydrogen-bond donors (Lipinski definition) is 1. The van der Waals surface area contributed by atoms with E-state index in [2.05, 4.69) is 19.2 Å². The standard InChI is InChI=1S/C21H27NO4/c1-16(2)10-11-25-19-8-4-6-17(14-19)21(23)22-18-7-5-9-20(15-18)26-13-12-24-3/h4-9,14-16H,10-13H2,1-3H3,(H,22,23). The van der Waals surface area contributed by atoms with E-state index in [1.807, 2.05) is 30.3 Å². The number of ether oxygens (including phenoxy) is 3. The maximum Gasteiger partial charge on any atom is 0.255 e. The first-order valence-electron chi connectivity index (χ1n) is 8.84. The minimum absolute atomic E-state index is 0.187. The van der Waals surface area contributed by atoms with Gasteiger partial charge in [-0.15, -0.1) is 0 Å². The number of carbonyl (C=O) groups excluding carboxylic acids is 1. The number of anilines is 1. The number of carbonyl (C=O) groups is 1. The Morgan fingerprint density at radius 2 is 1.65 bits per heavy atom. The van der Waals surface area contributed by atoms with Crippen LogP contribution in [0.4, 0.5) is 5.69 Å². The van der Waals surface area contributed by atoms with Gasteiger partial charge in [0.05, 0.1) is 13.2 Å². The maximum absolute atomic E-state index is 12.5. The van der Waals surface area contributed by atoms with Crippen LogP contribution in [-0.2, 0) is 4.74 Å². The Labute approximate surface area is 155 Å². The summed E-state index contributed by atoms with van der Waals surface area (Å²) in [6.07, 6.45) is 0.978. The number of rotatable bonds is 10. The zero-order valence-electron chi connectivity index (χ0n) is 15.7. The highest BCUT2D eigenvalue weighted by molar-refractivity contribution is 6.04. The van der Waals surface area contributed by atoms with Crippen molar-refractivity contribution in [2.45, 2.75) is 20.3 Å². The fourth-order valence-electron chi connectivity index (χ4n) is 2.25. The molecule has 5 heteroatoms. The molecule has 0 bridgehead atoms. The summed E-state index contributed by atoms with van der Waals surface area (Å²) in [5.41, 5.74) is 1.23. The van der Waals surface area contributed by atoms with Crippen LogP contribution >= 0.6 is 0 Å². The van der Waals surface area contributed by atoms with E-state index in [0.29, 0.717) is 48.5 Å². The van der Waals surface area contributed by atoms with Gasteiger partial charge in [0.15, 0.2) is 0 Å². The van der Waals surface area contributed by atoms with E-state index in [0.717, 1.165) is 6.42 Å². The molecule has 0 aliphatic carbocycles. The largest absolute Gasteiger partial charge is 0.494 e. The van der Waals surface area contributed by atoms with Gasteiger partial charge in [0, 0.05) is 24.4 Å². The Kier molecular flexibility index (Phi) is 7.96. The molecule has 0 aliphatic heterocycles. The molecule has 140 valence electrons. The number of amides is 1. The molecule has 0 radical (unpaired) electrons. The Bertz CT molecular complexity index is 700. The van der Waals surface area contributed by atoms with Crippen LogP contribution in [0.15, 0.2) is 48.5 Å². The second kappa shape index (κ2) is 10.5. The molecule has 0 atom stereocenters. The molecule has 5 nitrogen and oxygen atoms in total. The van der Waals surface area contributed by atoms with Crippen molar-refractivity contribution in [1.29, 1.82) is 0 Å². The van der Waals surface area contributed by atoms with Crippen molar-refractivity contribution in [2.24, 2.45) is 5.92 Å². The van der Waals surface area contributed by atoms with Gasteiger partial charge in [-0.2, -0.15) is 0 Å². The monoisotopic (exact) mass is 357 g/mol. The first-order valence-corrected chi connectivity index (χ1v) is 8.84. The predicted octanol–water partition coefficient (Wildman–Crippen LogP) is 4.39. The fraction of sp³-hybridized carbons (Fsp3) is 0.381. The van der Waals surface area contributed by atoms with Crippen LogP contribution in [0.5, 0.6) is 11.5 Å². The van der Waals surface area contributed by atoms with Crippen LogP contribution in [0.25, 0.3) is 0 Å². The van der Waals surface area contributed by atoms with Crippen molar-refractivity contribution < 1.29 is 19.0 Å². The van der Waals surface area contributed by atoms with Gasteiger partial charge in [-0.05, 0) is 42.7 Å². The van der Waals surface area contributed by atoms with Crippen LogP contribution in [0, 0.1) is 5.92 Å². The Balaban J connectivity index is 1.95. The van der Waals surface area contributed by atoms with E-state index in [1.54, 1.807) is 25.3 Å². The number of benzene rings is 2. The summed E-state index contributed by atoms with van der Waals surface area (Å²) in [6, 6.07) is 14.5. The molecule has 0 saturated heterocycles. The van der Waals surface area contributed by atoms with Crippen LogP contribution in [-0.4, -0.2) is 32.8 Å². The molecule has 2 rings (SSSR count). The lowest BCUT2D eigenvalue weighted by atomic mass is 10.1. The summed E-state index contributed by atoms with van der Waals surface area (Å²) in [5, 5.41) is 2.88. The van der Waals surface area contributed by atoms with Crippen LogP contribution in [0.2, 0.25) is 0 Å². The van der Waals surface area contributed by atoms with E-state index < -0.39 is 0 Å². The summed E-state index contributed by atoms with van der Waals surface area (Å²) < 4.78 is 16.2. The normalized spacial score (nSPS) is 10.6. The molecule has 0 unspecified atom stereocenters. The lowest BCUT2D eigenvalue weighted by Crippen LogP contribution is -2.12. The molecule has 2 aromatic carbocycles. The Hall–Kier alpha value is -2.53. The van der Waals surface area contributed by atoms with Crippen LogP contribution in [0.3, 0.4) is 0 Å². The first kappa shape index (κ1) is 19.8. The molecule has 0 spiro atoms. The van der Waals surface area contributed by atoms with Gasteiger partial charge in [-0.3, -0.25) is 4.79 Å². The van der Waals surface area contributed by atoms with Crippen molar-refractivity contribution in [3.8, 4) is 11.5 Å². The maximum atomic E-state index is 12.5. The average molecular weight is 357 g/mol. The number of methoxy groups -OCH3 is 1. The predicted molar refractivity (Wildman–Crippen MR) is 103 cm³/mol. The van der Waals surface area contributed by atoms with Gasteiger partial charge in [0.1, 0.15) is 18.1 Å². The van der Waals surface area contributed by atoms with Gasteiger partial charge in [-0.25, -0.2) is 0 Å². The summed E-state index contributed by atoms with van der Waals surface area (Å²) in [5.74, 6) is 1.79. The second-order valence-corrected chi connectivity index (χ2v) is 6.38.